The van der Waals surface area contributed by atoms with E-state index < -0.39 is 0 Å². The standard InChI is InChI=1S/C24H33N3O/c1-20-6-3-4-8-23(20)13-17-27-16-5-7-22(19-27)18-26(2)24(28)10-9-21-11-14-25-15-12-21/h3-4,6,8,11-12,14-15,22H,5,7,9-10,13,16-19H2,1-2H3/t22-/m0/s1. The zero-order valence-corrected chi connectivity index (χ0v) is 17.3. The number of carbonyl (C=O) groups is 1. The Bertz CT molecular complexity index is 747. The van der Waals surface area contributed by atoms with Crippen molar-refractivity contribution in [3.63, 3.8) is 0 Å². The van der Waals surface area contributed by atoms with Crippen LogP contribution in [0.5, 0.6) is 0 Å². The number of rotatable bonds is 8. The van der Waals surface area contributed by atoms with Crippen LogP contribution in [-0.2, 0) is 17.6 Å². The highest BCUT2D eigenvalue weighted by Crippen LogP contribution is 2.19. The number of likely N-dealkylation sites (tertiary alicyclic amines) is 1. The van der Waals surface area contributed by atoms with E-state index in [0.29, 0.717) is 12.3 Å². The monoisotopic (exact) mass is 379 g/mol. The van der Waals surface area contributed by atoms with Gasteiger partial charge in [0.25, 0.3) is 0 Å². The summed E-state index contributed by atoms with van der Waals surface area (Å²) in [5.74, 6) is 0.828. The van der Waals surface area contributed by atoms with Crippen molar-refractivity contribution in [1.82, 2.24) is 14.8 Å². The predicted molar refractivity (Wildman–Crippen MR) is 114 cm³/mol. The van der Waals surface area contributed by atoms with E-state index in [1.54, 1.807) is 12.4 Å². The molecule has 1 aromatic carbocycles. The first-order chi connectivity index (χ1) is 13.6. The molecule has 2 aromatic rings. The molecule has 0 unspecified atom stereocenters. The van der Waals surface area contributed by atoms with Crippen LogP contribution in [0.25, 0.3) is 0 Å². The molecule has 150 valence electrons. The lowest BCUT2D eigenvalue weighted by atomic mass is 9.96. The number of piperidine rings is 1. The zero-order chi connectivity index (χ0) is 19.8. The molecule has 4 heteroatoms. The molecule has 1 fully saturated rings. The Labute approximate surface area is 169 Å². The normalized spacial score (nSPS) is 17.4. The predicted octanol–water partition coefficient (Wildman–Crippen LogP) is 3.74. The SMILES string of the molecule is Cc1ccccc1CCN1CCC[C@@H](CN(C)C(=O)CCc2ccncc2)C1. The van der Waals surface area contributed by atoms with E-state index in [1.165, 1.54) is 36.1 Å². The van der Waals surface area contributed by atoms with E-state index in [9.17, 15) is 4.79 Å². The van der Waals surface area contributed by atoms with Crippen LogP contribution < -0.4 is 0 Å². The van der Waals surface area contributed by atoms with Gasteiger partial charge in [0.1, 0.15) is 0 Å². The summed E-state index contributed by atoms with van der Waals surface area (Å²) >= 11 is 0. The van der Waals surface area contributed by atoms with Crippen LogP contribution in [0.3, 0.4) is 0 Å². The van der Waals surface area contributed by atoms with E-state index in [1.807, 2.05) is 24.1 Å². The fourth-order valence-corrected chi connectivity index (χ4v) is 4.15. The second kappa shape index (κ2) is 10.4. The van der Waals surface area contributed by atoms with Crippen molar-refractivity contribution in [2.45, 2.75) is 39.0 Å². The van der Waals surface area contributed by atoms with E-state index in [2.05, 4.69) is 41.1 Å². The molecule has 1 aliphatic heterocycles. The Kier molecular flexibility index (Phi) is 7.61. The third-order valence-corrected chi connectivity index (χ3v) is 5.90. The maximum atomic E-state index is 12.5. The number of amides is 1. The highest BCUT2D eigenvalue weighted by atomic mass is 16.2. The van der Waals surface area contributed by atoms with E-state index >= 15 is 0 Å². The minimum absolute atomic E-state index is 0.244. The molecule has 0 N–H and O–H groups in total. The van der Waals surface area contributed by atoms with Gasteiger partial charge in [-0.15, -0.1) is 0 Å². The number of benzene rings is 1. The van der Waals surface area contributed by atoms with Crippen molar-refractivity contribution in [2.24, 2.45) is 5.92 Å². The average molecular weight is 380 g/mol. The smallest absolute Gasteiger partial charge is 0.222 e. The van der Waals surface area contributed by atoms with Gasteiger partial charge in [0.05, 0.1) is 0 Å². The van der Waals surface area contributed by atoms with Crippen LogP contribution in [0.15, 0.2) is 48.8 Å². The van der Waals surface area contributed by atoms with Crippen LogP contribution in [0.2, 0.25) is 0 Å². The molecule has 1 aliphatic rings. The first-order valence-electron chi connectivity index (χ1n) is 10.5. The lowest BCUT2D eigenvalue weighted by Crippen LogP contribution is -2.42. The van der Waals surface area contributed by atoms with Gasteiger partial charge in [0, 0.05) is 45.5 Å². The van der Waals surface area contributed by atoms with E-state index in [0.717, 1.165) is 32.5 Å². The minimum atomic E-state index is 0.244. The molecule has 1 saturated heterocycles. The molecular weight excluding hydrogens is 346 g/mol. The number of carbonyl (C=O) groups excluding carboxylic acids is 1. The fraction of sp³-hybridized carbons (Fsp3) is 0.500. The molecule has 2 heterocycles. The zero-order valence-electron chi connectivity index (χ0n) is 17.3. The minimum Gasteiger partial charge on any atom is -0.345 e. The summed E-state index contributed by atoms with van der Waals surface area (Å²) in [5.41, 5.74) is 4.01. The van der Waals surface area contributed by atoms with Gasteiger partial charge in [-0.25, -0.2) is 0 Å². The number of hydrogen-bond acceptors (Lipinski definition) is 3. The first-order valence-corrected chi connectivity index (χ1v) is 10.5. The van der Waals surface area contributed by atoms with Gasteiger partial charge < -0.3 is 9.80 Å². The summed E-state index contributed by atoms with van der Waals surface area (Å²) in [5, 5.41) is 0. The summed E-state index contributed by atoms with van der Waals surface area (Å²) < 4.78 is 0. The molecule has 1 atom stereocenters. The van der Waals surface area contributed by atoms with Gasteiger partial charge in [-0.05, 0) is 73.9 Å². The number of nitrogens with zero attached hydrogens (tertiary/aromatic N) is 3. The third-order valence-electron chi connectivity index (χ3n) is 5.90. The Morgan fingerprint density at radius 1 is 1.18 bits per heavy atom. The van der Waals surface area contributed by atoms with E-state index in [4.69, 9.17) is 0 Å². The van der Waals surface area contributed by atoms with E-state index in [-0.39, 0.29) is 5.91 Å². The summed E-state index contributed by atoms with van der Waals surface area (Å²) in [4.78, 5) is 21.1. The number of aromatic nitrogens is 1. The lowest BCUT2D eigenvalue weighted by Gasteiger charge is -2.35. The Balaban J connectivity index is 1.42. The van der Waals surface area contributed by atoms with Crippen molar-refractivity contribution in [1.29, 1.82) is 0 Å². The lowest BCUT2D eigenvalue weighted by molar-refractivity contribution is -0.130. The second-order valence-electron chi connectivity index (χ2n) is 8.12. The van der Waals surface area contributed by atoms with Gasteiger partial charge in [-0.1, -0.05) is 24.3 Å². The number of pyridine rings is 1. The first kappa shape index (κ1) is 20.5. The molecule has 0 saturated carbocycles. The van der Waals surface area contributed by atoms with Gasteiger partial charge in [-0.2, -0.15) is 0 Å². The summed E-state index contributed by atoms with van der Waals surface area (Å²) in [6, 6.07) is 12.7. The fourth-order valence-electron chi connectivity index (χ4n) is 4.15. The molecule has 0 spiro atoms. The van der Waals surface area contributed by atoms with Gasteiger partial charge in [0.2, 0.25) is 5.91 Å². The second-order valence-corrected chi connectivity index (χ2v) is 8.12. The van der Waals surface area contributed by atoms with Crippen molar-refractivity contribution in [2.75, 3.05) is 33.2 Å². The number of hydrogen-bond donors (Lipinski definition) is 0. The van der Waals surface area contributed by atoms with Crippen LogP contribution >= 0.6 is 0 Å². The van der Waals surface area contributed by atoms with Crippen molar-refractivity contribution < 1.29 is 4.79 Å². The van der Waals surface area contributed by atoms with Gasteiger partial charge >= 0.3 is 0 Å². The quantitative estimate of drug-likeness (QED) is 0.701. The number of aryl methyl sites for hydroxylation is 2. The molecule has 3 rings (SSSR count). The summed E-state index contributed by atoms with van der Waals surface area (Å²) in [6.45, 7) is 6.47. The molecule has 4 nitrogen and oxygen atoms in total. The molecule has 28 heavy (non-hydrogen) atoms. The average Bonchev–Trinajstić information content (AvgIpc) is 2.72. The summed E-state index contributed by atoms with van der Waals surface area (Å²) in [6.07, 6.45) is 8.51. The highest BCUT2D eigenvalue weighted by Gasteiger charge is 2.22. The largest absolute Gasteiger partial charge is 0.345 e. The molecule has 1 aromatic heterocycles. The van der Waals surface area contributed by atoms with Crippen molar-refractivity contribution in [3.05, 3.63) is 65.5 Å². The Morgan fingerprint density at radius 2 is 1.96 bits per heavy atom. The Hall–Kier alpha value is -2.20. The van der Waals surface area contributed by atoms with Crippen LogP contribution in [0, 0.1) is 12.8 Å². The topological polar surface area (TPSA) is 36.4 Å². The van der Waals surface area contributed by atoms with Crippen LogP contribution in [0.1, 0.15) is 36.0 Å². The molecule has 1 amide bonds. The highest BCUT2D eigenvalue weighted by molar-refractivity contribution is 5.76. The molecular formula is C24H33N3O. The van der Waals surface area contributed by atoms with Crippen LogP contribution in [-0.4, -0.2) is 53.9 Å². The molecule has 0 radical (unpaired) electrons. The molecule has 0 bridgehead atoms. The van der Waals surface area contributed by atoms with Gasteiger partial charge in [-0.3, -0.25) is 9.78 Å². The maximum absolute atomic E-state index is 12.5. The van der Waals surface area contributed by atoms with Crippen LogP contribution in [0.4, 0.5) is 0 Å². The summed E-state index contributed by atoms with van der Waals surface area (Å²) in [7, 11) is 1.96. The maximum Gasteiger partial charge on any atom is 0.222 e. The Morgan fingerprint density at radius 3 is 2.75 bits per heavy atom. The molecule has 0 aliphatic carbocycles. The third kappa shape index (κ3) is 6.16. The van der Waals surface area contributed by atoms with Crippen molar-refractivity contribution in [3.8, 4) is 0 Å². The van der Waals surface area contributed by atoms with Crippen molar-refractivity contribution >= 4 is 5.91 Å². The van der Waals surface area contributed by atoms with Gasteiger partial charge in [0.15, 0.2) is 0 Å².